The van der Waals surface area contributed by atoms with Crippen LogP contribution in [0, 0.1) is 12.8 Å². The Kier molecular flexibility index (Phi) is 9.79. The maximum absolute atomic E-state index is 14.0. The summed E-state index contributed by atoms with van der Waals surface area (Å²) in [7, 11) is 0. The van der Waals surface area contributed by atoms with Crippen LogP contribution in [0.5, 0.6) is 17.2 Å². The maximum Gasteiger partial charge on any atom is 0.295 e. The molecule has 0 spiro atoms. The minimum Gasteiger partial charge on any atom is -0.872 e. The molecule has 0 radical (unpaired) electrons. The first kappa shape index (κ1) is 30.3. The molecule has 2 heterocycles. The summed E-state index contributed by atoms with van der Waals surface area (Å²) in [5.41, 5.74) is 1.77. The van der Waals surface area contributed by atoms with Gasteiger partial charge in [-0.1, -0.05) is 56.0 Å². The van der Waals surface area contributed by atoms with Crippen molar-refractivity contribution < 1.29 is 33.8 Å². The van der Waals surface area contributed by atoms with Crippen LogP contribution in [0.15, 0.2) is 78.4 Å². The number of ether oxygens (including phenoxy) is 3. The van der Waals surface area contributed by atoms with Crippen LogP contribution < -0.4 is 19.5 Å². The molecule has 2 fully saturated rings. The molecule has 3 aromatic rings. The summed E-state index contributed by atoms with van der Waals surface area (Å²) in [4.78, 5) is 30.0. The van der Waals surface area contributed by atoms with Crippen LogP contribution in [0.2, 0.25) is 0 Å². The number of ketones is 1. The van der Waals surface area contributed by atoms with E-state index in [1.165, 1.54) is 4.90 Å². The smallest absolute Gasteiger partial charge is 0.295 e. The number of carbonyl (C=O) groups excluding carboxylic acids is 2. The van der Waals surface area contributed by atoms with Gasteiger partial charge in [-0.3, -0.25) is 9.59 Å². The van der Waals surface area contributed by atoms with E-state index in [-0.39, 0.29) is 5.57 Å². The fraction of sp³-hybridized carbons (Fsp3) is 0.371. The molecule has 2 saturated heterocycles. The van der Waals surface area contributed by atoms with Crippen LogP contribution in [0.4, 0.5) is 0 Å². The number of rotatable bonds is 11. The lowest BCUT2D eigenvalue weighted by Crippen LogP contribution is -3.14. The molecule has 2 aliphatic rings. The summed E-state index contributed by atoms with van der Waals surface area (Å²) in [5.74, 6) is 0.434. The van der Waals surface area contributed by atoms with Crippen molar-refractivity contribution in [3.8, 4) is 17.2 Å². The number of Topliss-reactive ketones (excluding diaryl/α,β-unsaturated/α-hetero) is 1. The topological polar surface area (TPSA) is 92.6 Å². The van der Waals surface area contributed by atoms with Crippen molar-refractivity contribution in [2.75, 3.05) is 46.0 Å². The van der Waals surface area contributed by atoms with E-state index in [4.69, 9.17) is 14.2 Å². The van der Waals surface area contributed by atoms with Crippen molar-refractivity contribution in [3.63, 3.8) is 0 Å². The maximum atomic E-state index is 14.0. The fourth-order valence-electron chi connectivity index (χ4n) is 5.59. The van der Waals surface area contributed by atoms with E-state index in [9.17, 15) is 14.7 Å². The average molecular weight is 585 g/mol. The van der Waals surface area contributed by atoms with Gasteiger partial charge in [0.05, 0.1) is 32.4 Å². The van der Waals surface area contributed by atoms with Crippen molar-refractivity contribution in [1.29, 1.82) is 0 Å². The van der Waals surface area contributed by atoms with Crippen LogP contribution in [0.25, 0.3) is 5.76 Å². The Bertz CT molecular complexity index is 1460. The molecular weight excluding hydrogens is 544 g/mol. The van der Waals surface area contributed by atoms with Crippen molar-refractivity contribution in [2.24, 2.45) is 5.92 Å². The number of para-hydroxylation sites is 1. The second-order valence-electron chi connectivity index (χ2n) is 11.6. The Morgan fingerprint density at radius 2 is 1.74 bits per heavy atom. The number of morpholine rings is 1. The summed E-state index contributed by atoms with van der Waals surface area (Å²) in [6, 6.07) is 21.0. The highest BCUT2D eigenvalue weighted by molar-refractivity contribution is 6.46. The van der Waals surface area contributed by atoms with Gasteiger partial charge in [-0.05, 0) is 65.9 Å². The van der Waals surface area contributed by atoms with Gasteiger partial charge in [0.15, 0.2) is 0 Å². The zero-order valence-corrected chi connectivity index (χ0v) is 25.1. The minimum absolute atomic E-state index is 0.0316. The molecule has 1 atom stereocenters. The molecule has 1 amide bonds. The molecule has 1 N–H and O–H groups in total. The lowest BCUT2D eigenvalue weighted by atomic mass is 9.94. The molecule has 5 rings (SSSR count). The molecule has 43 heavy (non-hydrogen) atoms. The number of carbonyl (C=O) groups is 2. The third kappa shape index (κ3) is 7.27. The molecule has 226 valence electrons. The van der Waals surface area contributed by atoms with Crippen LogP contribution in [0.1, 0.15) is 43.0 Å². The monoisotopic (exact) mass is 584 g/mol. The highest BCUT2D eigenvalue weighted by Gasteiger charge is 2.44. The van der Waals surface area contributed by atoms with Gasteiger partial charge in [-0.2, -0.15) is 0 Å². The SMILES string of the molecule is Cc1cc(/C([O-])=C2\C(=O)C(=O)N(CCC[NH+]3CCOCC3)C2c2cccc(Oc3ccccc3)c2)ccc1OCC(C)C. The van der Waals surface area contributed by atoms with Gasteiger partial charge < -0.3 is 29.1 Å². The highest BCUT2D eigenvalue weighted by Crippen LogP contribution is 2.40. The number of benzene rings is 3. The Morgan fingerprint density at radius 3 is 2.47 bits per heavy atom. The van der Waals surface area contributed by atoms with Gasteiger partial charge in [0.2, 0.25) is 5.78 Å². The molecule has 2 aliphatic heterocycles. The predicted molar refractivity (Wildman–Crippen MR) is 162 cm³/mol. The van der Waals surface area contributed by atoms with E-state index in [1.807, 2.05) is 61.5 Å². The van der Waals surface area contributed by atoms with Gasteiger partial charge in [-0.25, -0.2) is 0 Å². The number of likely N-dealkylation sites (tertiary alicyclic amines) is 1. The number of nitrogens with zero attached hydrogens (tertiary/aromatic N) is 1. The first-order valence-electron chi connectivity index (χ1n) is 15.1. The summed E-state index contributed by atoms with van der Waals surface area (Å²) >= 11 is 0. The van der Waals surface area contributed by atoms with Crippen LogP contribution >= 0.6 is 0 Å². The van der Waals surface area contributed by atoms with Crippen molar-refractivity contribution in [2.45, 2.75) is 33.2 Å². The van der Waals surface area contributed by atoms with Gasteiger partial charge in [0.25, 0.3) is 5.91 Å². The average Bonchev–Trinajstić information content (AvgIpc) is 3.26. The van der Waals surface area contributed by atoms with Gasteiger partial charge in [-0.15, -0.1) is 0 Å². The van der Waals surface area contributed by atoms with Crippen molar-refractivity contribution in [3.05, 3.63) is 95.1 Å². The standard InChI is InChI=1S/C35H40N2O6/c1-24(2)23-42-30-14-13-27(21-25(30)3)33(38)31-32(26-9-7-12-29(22-26)43-28-10-5-4-6-11-28)37(35(40)34(31)39)16-8-15-36-17-19-41-20-18-36/h4-7,9-14,21-22,24,32,38H,8,15-20,23H2,1-3H3/b33-31+. The lowest BCUT2D eigenvalue weighted by molar-refractivity contribution is -0.908. The Balaban J connectivity index is 1.49. The third-order valence-electron chi connectivity index (χ3n) is 7.82. The number of hydrogen-bond donors (Lipinski definition) is 1. The van der Waals surface area contributed by atoms with E-state index < -0.39 is 23.5 Å². The van der Waals surface area contributed by atoms with E-state index >= 15 is 0 Å². The molecule has 0 bridgehead atoms. The number of hydrogen-bond acceptors (Lipinski definition) is 6. The Morgan fingerprint density at radius 1 is 1.00 bits per heavy atom. The van der Waals surface area contributed by atoms with E-state index in [1.54, 1.807) is 23.1 Å². The highest BCUT2D eigenvalue weighted by atomic mass is 16.5. The molecule has 0 saturated carbocycles. The summed E-state index contributed by atoms with van der Waals surface area (Å²) in [6.07, 6.45) is 0.702. The molecule has 0 aromatic heterocycles. The molecule has 1 unspecified atom stereocenters. The predicted octanol–water partition coefficient (Wildman–Crippen LogP) is 3.35. The Labute approximate surface area is 253 Å². The van der Waals surface area contributed by atoms with Crippen LogP contribution in [-0.4, -0.2) is 62.6 Å². The molecular formula is C35H40N2O6. The van der Waals surface area contributed by atoms with E-state index in [2.05, 4.69) is 13.8 Å². The number of quaternary nitrogens is 1. The summed E-state index contributed by atoms with van der Waals surface area (Å²) < 4.78 is 17.4. The van der Waals surface area contributed by atoms with Gasteiger partial charge in [0.1, 0.15) is 30.3 Å². The van der Waals surface area contributed by atoms with E-state index in [0.29, 0.717) is 53.9 Å². The quantitative estimate of drug-likeness (QED) is 0.211. The first-order valence-corrected chi connectivity index (χ1v) is 15.1. The number of amides is 1. The van der Waals surface area contributed by atoms with Crippen molar-refractivity contribution in [1.82, 2.24) is 4.90 Å². The third-order valence-corrected chi connectivity index (χ3v) is 7.82. The van der Waals surface area contributed by atoms with Crippen LogP contribution in [0.3, 0.4) is 0 Å². The second-order valence-corrected chi connectivity index (χ2v) is 11.6. The minimum atomic E-state index is -0.816. The first-order chi connectivity index (χ1) is 20.8. The van der Waals surface area contributed by atoms with E-state index in [0.717, 1.165) is 38.4 Å². The number of nitrogens with one attached hydrogen (secondary N) is 1. The molecule has 0 aliphatic carbocycles. The van der Waals surface area contributed by atoms with Crippen molar-refractivity contribution >= 4 is 17.4 Å². The summed E-state index contributed by atoms with van der Waals surface area (Å²) in [6.45, 7) is 11.1. The summed E-state index contributed by atoms with van der Waals surface area (Å²) in [5, 5.41) is 14.0. The van der Waals surface area contributed by atoms with Crippen LogP contribution in [-0.2, 0) is 14.3 Å². The zero-order valence-electron chi connectivity index (χ0n) is 25.1. The molecule has 8 nitrogen and oxygen atoms in total. The van der Waals surface area contributed by atoms with Gasteiger partial charge in [0, 0.05) is 18.5 Å². The normalized spacial score (nSPS) is 18.8. The fourth-order valence-corrected chi connectivity index (χ4v) is 5.59. The molecule has 3 aromatic carbocycles. The lowest BCUT2D eigenvalue weighted by Gasteiger charge is -2.29. The zero-order chi connectivity index (χ0) is 30.3. The largest absolute Gasteiger partial charge is 0.872 e. The number of aryl methyl sites for hydroxylation is 1. The second kappa shape index (κ2) is 13.9. The Hall–Kier alpha value is -4.14. The molecule has 8 heteroatoms. The van der Waals surface area contributed by atoms with Gasteiger partial charge >= 0.3 is 0 Å².